The van der Waals surface area contributed by atoms with Crippen molar-refractivity contribution < 1.29 is 14.3 Å². The molecular weight excluding hydrogens is 278 g/mol. The molecule has 2 atom stereocenters. The number of ketones is 1. The van der Waals surface area contributed by atoms with Crippen LogP contribution < -0.4 is 5.32 Å². The minimum atomic E-state index is -1.01. The molecule has 0 saturated carbocycles. The Kier molecular flexibility index (Phi) is 4.69. The van der Waals surface area contributed by atoms with Gasteiger partial charge in [-0.25, -0.2) is 0 Å². The number of rotatable bonds is 7. The van der Waals surface area contributed by atoms with Crippen LogP contribution in [0.2, 0.25) is 0 Å². The van der Waals surface area contributed by atoms with E-state index in [2.05, 4.69) is 22.4 Å². The van der Waals surface area contributed by atoms with Gasteiger partial charge in [-0.3, -0.25) is 9.59 Å². The van der Waals surface area contributed by atoms with Crippen LogP contribution in [0.3, 0.4) is 0 Å². The van der Waals surface area contributed by atoms with Gasteiger partial charge >= 0.3 is 5.97 Å². The average molecular weight is 297 g/mol. The van der Waals surface area contributed by atoms with E-state index in [9.17, 15) is 9.59 Å². The Morgan fingerprint density at radius 2 is 2.45 bits per heavy atom. The zero-order valence-corrected chi connectivity index (χ0v) is 12.5. The fraction of sp³-hybridized carbons (Fsp3) is 0.692. The van der Waals surface area contributed by atoms with E-state index < -0.39 is 5.60 Å². The minimum Gasteiger partial charge on any atom is -0.451 e. The van der Waals surface area contributed by atoms with E-state index in [1.54, 1.807) is 12.4 Å². The van der Waals surface area contributed by atoms with Crippen LogP contribution in [-0.2, 0) is 14.3 Å². The summed E-state index contributed by atoms with van der Waals surface area (Å²) in [6.45, 7) is 3.87. The van der Waals surface area contributed by atoms with E-state index in [-0.39, 0.29) is 24.2 Å². The summed E-state index contributed by atoms with van der Waals surface area (Å²) in [5.41, 5.74) is 0.581. The quantitative estimate of drug-likeness (QED) is 0.776. The molecule has 1 N–H and O–H groups in total. The molecule has 0 unspecified atom stereocenters. The maximum atomic E-state index is 12.2. The van der Waals surface area contributed by atoms with Gasteiger partial charge in [0.2, 0.25) is 5.13 Å². The number of aromatic nitrogens is 2. The second-order valence-electron chi connectivity index (χ2n) is 5.22. The molecule has 1 fully saturated rings. The fourth-order valence-electron chi connectivity index (χ4n) is 2.33. The minimum absolute atomic E-state index is 0.0967. The topological polar surface area (TPSA) is 81.2 Å². The Balaban J connectivity index is 1.90. The molecule has 1 aliphatic rings. The number of unbranched alkanes of at least 4 members (excludes halogenated alkanes) is 1. The predicted octanol–water partition coefficient (Wildman–Crippen LogP) is 2.03. The highest BCUT2D eigenvalue weighted by atomic mass is 32.1. The molecular formula is C13H19N3O3S. The molecule has 1 aromatic rings. The average Bonchev–Trinajstić information content (AvgIpc) is 3.02. The van der Waals surface area contributed by atoms with Crippen LogP contribution in [0.4, 0.5) is 5.13 Å². The van der Waals surface area contributed by atoms with Crippen molar-refractivity contribution in [3.8, 4) is 0 Å². The standard InChI is InChI=1S/C13H19N3O3S/c1-3-4-5-9-6-13(2,19-11(9)18)10(17)7-14-12-16-15-8-20-12/h8-9H,3-7H2,1-2H3,(H,14,16)/t9-,13+/m1/s1. The lowest BCUT2D eigenvalue weighted by molar-refractivity contribution is -0.156. The first-order valence-corrected chi connectivity index (χ1v) is 7.69. The summed E-state index contributed by atoms with van der Waals surface area (Å²) in [4.78, 5) is 24.1. The summed E-state index contributed by atoms with van der Waals surface area (Å²) < 4.78 is 5.33. The van der Waals surface area contributed by atoms with E-state index in [0.29, 0.717) is 11.6 Å². The summed E-state index contributed by atoms with van der Waals surface area (Å²) in [5.74, 6) is -0.518. The first-order valence-electron chi connectivity index (χ1n) is 6.81. The van der Waals surface area contributed by atoms with Gasteiger partial charge in [0.25, 0.3) is 0 Å². The molecule has 2 rings (SSSR count). The Hall–Kier alpha value is -1.50. The largest absolute Gasteiger partial charge is 0.451 e. The van der Waals surface area contributed by atoms with Gasteiger partial charge < -0.3 is 10.1 Å². The highest BCUT2D eigenvalue weighted by molar-refractivity contribution is 7.13. The van der Waals surface area contributed by atoms with Crippen LogP contribution in [0.1, 0.15) is 39.5 Å². The van der Waals surface area contributed by atoms with Crippen molar-refractivity contribution in [3.05, 3.63) is 5.51 Å². The number of nitrogens with one attached hydrogen (secondary N) is 1. The normalized spacial score (nSPS) is 25.5. The molecule has 1 aromatic heterocycles. The van der Waals surface area contributed by atoms with Gasteiger partial charge in [-0.15, -0.1) is 10.2 Å². The molecule has 1 saturated heterocycles. The number of nitrogens with zero attached hydrogens (tertiary/aromatic N) is 2. The SMILES string of the molecule is CCCC[C@@H]1C[C@@](C)(C(=O)CNc2nncs2)OC1=O. The molecule has 0 aliphatic carbocycles. The van der Waals surface area contributed by atoms with Crippen molar-refractivity contribution >= 4 is 28.2 Å². The summed E-state index contributed by atoms with van der Waals surface area (Å²) in [5, 5.41) is 11.0. The highest BCUT2D eigenvalue weighted by Gasteiger charge is 2.47. The van der Waals surface area contributed by atoms with Crippen LogP contribution in [0.25, 0.3) is 0 Å². The number of carbonyl (C=O) groups excluding carboxylic acids is 2. The van der Waals surface area contributed by atoms with Crippen LogP contribution >= 0.6 is 11.3 Å². The van der Waals surface area contributed by atoms with Gasteiger partial charge in [-0.05, 0) is 13.3 Å². The van der Waals surface area contributed by atoms with E-state index in [4.69, 9.17) is 4.74 Å². The molecule has 0 spiro atoms. The van der Waals surface area contributed by atoms with E-state index in [1.165, 1.54) is 11.3 Å². The second kappa shape index (κ2) is 6.30. The molecule has 2 heterocycles. The van der Waals surface area contributed by atoms with Crippen LogP contribution in [0.5, 0.6) is 0 Å². The second-order valence-corrected chi connectivity index (χ2v) is 6.05. The molecule has 0 amide bonds. The number of ether oxygens (including phenoxy) is 1. The van der Waals surface area contributed by atoms with Crippen molar-refractivity contribution in [1.29, 1.82) is 0 Å². The van der Waals surface area contributed by atoms with Gasteiger partial charge in [0.15, 0.2) is 11.4 Å². The lowest BCUT2D eigenvalue weighted by Crippen LogP contribution is -2.39. The van der Waals surface area contributed by atoms with Gasteiger partial charge in [0, 0.05) is 6.42 Å². The summed E-state index contributed by atoms with van der Waals surface area (Å²) in [6, 6.07) is 0. The van der Waals surface area contributed by atoms with Crippen molar-refractivity contribution in [3.63, 3.8) is 0 Å². The Labute approximate surface area is 121 Å². The first kappa shape index (κ1) is 14.9. The molecule has 0 radical (unpaired) electrons. The Bertz CT molecular complexity index is 477. The Morgan fingerprint density at radius 1 is 1.65 bits per heavy atom. The lowest BCUT2D eigenvalue weighted by atomic mass is 9.89. The van der Waals surface area contributed by atoms with Gasteiger partial charge in [0.1, 0.15) is 5.51 Å². The molecule has 0 aromatic carbocycles. The van der Waals surface area contributed by atoms with E-state index in [1.807, 2.05) is 0 Å². The third-order valence-electron chi connectivity index (χ3n) is 3.55. The molecule has 6 nitrogen and oxygen atoms in total. The number of cyclic esters (lactones) is 1. The lowest BCUT2D eigenvalue weighted by Gasteiger charge is -2.20. The smallest absolute Gasteiger partial charge is 0.310 e. The number of hydrogen-bond donors (Lipinski definition) is 1. The van der Waals surface area contributed by atoms with Crippen molar-refractivity contribution in [1.82, 2.24) is 10.2 Å². The molecule has 1 aliphatic heterocycles. The summed E-state index contributed by atoms with van der Waals surface area (Å²) >= 11 is 1.33. The first-order chi connectivity index (χ1) is 9.55. The Morgan fingerprint density at radius 3 is 3.10 bits per heavy atom. The summed E-state index contributed by atoms with van der Waals surface area (Å²) in [7, 11) is 0. The maximum Gasteiger partial charge on any atom is 0.310 e. The monoisotopic (exact) mass is 297 g/mol. The van der Waals surface area contributed by atoms with Crippen molar-refractivity contribution in [2.75, 3.05) is 11.9 Å². The van der Waals surface area contributed by atoms with E-state index >= 15 is 0 Å². The molecule has 0 bridgehead atoms. The van der Waals surface area contributed by atoms with Crippen LogP contribution in [0.15, 0.2) is 5.51 Å². The van der Waals surface area contributed by atoms with Gasteiger partial charge in [-0.2, -0.15) is 0 Å². The maximum absolute atomic E-state index is 12.2. The molecule has 110 valence electrons. The highest BCUT2D eigenvalue weighted by Crippen LogP contribution is 2.34. The summed E-state index contributed by atoms with van der Waals surface area (Å²) in [6.07, 6.45) is 3.28. The van der Waals surface area contributed by atoms with Crippen LogP contribution in [0, 0.1) is 5.92 Å². The number of Topliss-reactive ketones (excluding diaryl/α,β-unsaturated/α-hetero) is 1. The van der Waals surface area contributed by atoms with Gasteiger partial charge in [-0.1, -0.05) is 31.1 Å². The van der Waals surface area contributed by atoms with Gasteiger partial charge in [0.05, 0.1) is 12.5 Å². The van der Waals surface area contributed by atoms with Crippen molar-refractivity contribution in [2.24, 2.45) is 5.92 Å². The molecule has 20 heavy (non-hydrogen) atoms. The number of esters is 1. The molecule has 7 heteroatoms. The number of hydrogen-bond acceptors (Lipinski definition) is 7. The van der Waals surface area contributed by atoms with Crippen molar-refractivity contribution in [2.45, 2.75) is 45.1 Å². The number of carbonyl (C=O) groups is 2. The van der Waals surface area contributed by atoms with E-state index in [0.717, 1.165) is 19.3 Å². The third kappa shape index (κ3) is 3.33. The zero-order valence-electron chi connectivity index (χ0n) is 11.7. The predicted molar refractivity (Wildman–Crippen MR) is 75.5 cm³/mol. The van der Waals surface area contributed by atoms with Crippen LogP contribution in [-0.4, -0.2) is 34.1 Å². The number of anilines is 1. The zero-order chi connectivity index (χ0) is 14.6. The third-order valence-corrected chi connectivity index (χ3v) is 4.20. The fourth-order valence-corrected chi connectivity index (χ4v) is 2.78.